The summed E-state index contributed by atoms with van der Waals surface area (Å²) < 4.78 is 16.2. The Morgan fingerprint density at radius 3 is 1.75 bits per heavy atom. The van der Waals surface area contributed by atoms with E-state index >= 15 is 0 Å². The Bertz CT molecular complexity index is 633. The summed E-state index contributed by atoms with van der Waals surface area (Å²) in [5.41, 5.74) is 0.314. The Hall–Kier alpha value is -2.04. The van der Waals surface area contributed by atoms with Gasteiger partial charge in [-0.25, -0.2) is 0 Å². The molecule has 0 spiro atoms. The number of unbranched alkanes of at least 4 members (excludes halogenated alkanes) is 10. The first-order valence-electron chi connectivity index (χ1n) is 12.5. The second kappa shape index (κ2) is 17.5. The molecule has 0 amide bonds. The summed E-state index contributed by atoms with van der Waals surface area (Å²) in [5, 5.41) is 0. The van der Waals surface area contributed by atoms with Crippen molar-refractivity contribution in [3.8, 4) is 11.5 Å². The van der Waals surface area contributed by atoms with E-state index in [2.05, 4.69) is 6.92 Å². The number of methoxy groups -OCH3 is 2. The van der Waals surface area contributed by atoms with E-state index in [9.17, 15) is 9.59 Å². The van der Waals surface area contributed by atoms with Gasteiger partial charge in [0.25, 0.3) is 0 Å². The fourth-order valence-corrected chi connectivity index (χ4v) is 3.90. The van der Waals surface area contributed by atoms with Gasteiger partial charge in [0.15, 0.2) is 5.78 Å². The zero-order valence-corrected chi connectivity index (χ0v) is 20.8. The molecule has 0 saturated heterocycles. The lowest BCUT2D eigenvalue weighted by Gasteiger charge is -2.18. The molecule has 5 heteroatoms. The van der Waals surface area contributed by atoms with Gasteiger partial charge >= 0.3 is 5.97 Å². The first-order valence-corrected chi connectivity index (χ1v) is 12.5. The molecule has 32 heavy (non-hydrogen) atoms. The van der Waals surface area contributed by atoms with Gasteiger partial charge in [0.2, 0.25) is 0 Å². The zero-order valence-electron chi connectivity index (χ0n) is 20.8. The molecule has 182 valence electrons. The zero-order chi connectivity index (χ0) is 23.6. The maximum atomic E-state index is 13.3. The standard InChI is InChI=1S/C27H44O5/c1-5-7-9-10-11-12-13-14-15-16-21-32-27(29)22(18-8-6-2)26(28)25-23(30-3)19-17-20-24(25)31-4/h17,19-20,22H,5-16,18,21H2,1-4H3. The maximum absolute atomic E-state index is 13.3. The van der Waals surface area contributed by atoms with Crippen molar-refractivity contribution in [3.05, 3.63) is 23.8 Å². The van der Waals surface area contributed by atoms with Gasteiger partial charge in [0.05, 0.1) is 20.8 Å². The van der Waals surface area contributed by atoms with E-state index in [4.69, 9.17) is 14.2 Å². The highest BCUT2D eigenvalue weighted by Crippen LogP contribution is 2.32. The minimum Gasteiger partial charge on any atom is -0.496 e. The summed E-state index contributed by atoms with van der Waals surface area (Å²) in [6, 6.07) is 5.18. The van der Waals surface area contributed by atoms with Gasteiger partial charge in [-0.3, -0.25) is 9.59 Å². The van der Waals surface area contributed by atoms with Crippen LogP contribution < -0.4 is 9.47 Å². The van der Waals surface area contributed by atoms with Crippen LogP contribution in [0.2, 0.25) is 0 Å². The predicted molar refractivity (Wildman–Crippen MR) is 130 cm³/mol. The molecule has 5 nitrogen and oxygen atoms in total. The number of carbonyl (C=O) groups is 2. The summed E-state index contributed by atoms with van der Waals surface area (Å²) in [7, 11) is 3.02. The molecule has 0 aliphatic rings. The van der Waals surface area contributed by atoms with Crippen LogP contribution in [0.5, 0.6) is 11.5 Å². The normalized spacial score (nSPS) is 11.8. The molecule has 0 bridgehead atoms. The van der Waals surface area contributed by atoms with Gasteiger partial charge < -0.3 is 14.2 Å². The highest BCUT2D eigenvalue weighted by molar-refractivity contribution is 6.11. The fraction of sp³-hybridized carbons (Fsp3) is 0.704. The number of ketones is 1. The second-order valence-electron chi connectivity index (χ2n) is 8.45. The molecule has 1 aromatic carbocycles. The Morgan fingerprint density at radius 1 is 0.750 bits per heavy atom. The molecule has 0 aromatic heterocycles. The van der Waals surface area contributed by atoms with Crippen LogP contribution in [-0.4, -0.2) is 32.6 Å². The first-order chi connectivity index (χ1) is 15.6. The van der Waals surface area contributed by atoms with Crippen molar-refractivity contribution in [1.82, 2.24) is 0 Å². The average Bonchev–Trinajstić information content (AvgIpc) is 2.81. The van der Waals surface area contributed by atoms with E-state index in [1.807, 2.05) is 6.92 Å². The molecule has 0 aliphatic heterocycles. The van der Waals surface area contributed by atoms with E-state index in [1.54, 1.807) is 18.2 Å². The molecule has 0 heterocycles. The van der Waals surface area contributed by atoms with Gasteiger partial charge in [0, 0.05) is 0 Å². The maximum Gasteiger partial charge on any atom is 0.316 e. The second-order valence-corrected chi connectivity index (χ2v) is 8.45. The molecule has 0 aliphatic carbocycles. The summed E-state index contributed by atoms with van der Waals surface area (Å²) in [4.78, 5) is 26.1. The number of esters is 1. The Labute approximate surface area is 195 Å². The summed E-state index contributed by atoms with van der Waals surface area (Å²) in [6.45, 7) is 4.65. The van der Waals surface area contributed by atoms with Crippen LogP contribution in [0.25, 0.3) is 0 Å². The Balaban J connectivity index is 2.52. The molecule has 1 aromatic rings. The highest BCUT2D eigenvalue weighted by atomic mass is 16.5. The molecule has 1 atom stereocenters. The molecule has 0 saturated carbocycles. The highest BCUT2D eigenvalue weighted by Gasteiger charge is 2.32. The molecule has 0 radical (unpaired) electrons. The van der Waals surface area contributed by atoms with Gasteiger partial charge in [-0.05, 0) is 25.0 Å². The largest absolute Gasteiger partial charge is 0.496 e. The monoisotopic (exact) mass is 448 g/mol. The molecule has 0 fully saturated rings. The predicted octanol–water partition coefficient (Wildman–Crippen LogP) is 7.16. The van der Waals surface area contributed by atoms with Crippen molar-refractivity contribution in [2.45, 2.75) is 97.3 Å². The van der Waals surface area contributed by atoms with E-state index in [0.29, 0.717) is 30.1 Å². The number of rotatable bonds is 19. The van der Waals surface area contributed by atoms with Crippen molar-refractivity contribution in [2.75, 3.05) is 20.8 Å². The van der Waals surface area contributed by atoms with Crippen LogP contribution in [-0.2, 0) is 9.53 Å². The number of hydrogen-bond acceptors (Lipinski definition) is 5. The van der Waals surface area contributed by atoms with Gasteiger partial charge in [-0.15, -0.1) is 0 Å². The smallest absolute Gasteiger partial charge is 0.316 e. The molecule has 0 N–H and O–H groups in total. The Kier molecular flexibility index (Phi) is 15.3. The number of hydrogen-bond donors (Lipinski definition) is 0. The SMILES string of the molecule is CCCCCCCCCCCCOC(=O)C(CCCC)C(=O)c1c(OC)cccc1OC. The molecular formula is C27H44O5. The van der Waals surface area contributed by atoms with E-state index in [1.165, 1.54) is 65.6 Å². The van der Waals surface area contributed by atoms with Gasteiger partial charge in [-0.2, -0.15) is 0 Å². The number of ether oxygens (including phenoxy) is 3. The summed E-state index contributed by atoms with van der Waals surface area (Å²) >= 11 is 0. The quantitative estimate of drug-likeness (QED) is 0.0972. The first kappa shape index (κ1) is 28.0. The lowest BCUT2D eigenvalue weighted by atomic mass is 9.91. The van der Waals surface area contributed by atoms with E-state index < -0.39 is 11.9 Å². The molecule has 1 unspecified atom stereocenters. The van der Waals surface area contributed by atoms with Crippen LogP contribution in [0.4, 0.5) is 0 Å². The van der Waals surface area contributed by atoms with Gasteiger partial charge in [0.1, 0.15) is 23.0 Å². The number of benzene rings is 1. The van der Waals surface area contributed by atoms with Crippen LogP contribution in [0.1, 0.15) is 108 Å². The van der Waals surface area contributed by atoms with E-state index in [-0.39, 0.29) is 5.78 Å². The summed E-state index contributed by atoms with van der Waals surface area (Å²) in [5.74, 6) is -0.729. The van der Waals surface area contributed by atoms with Crippen molar-refractivity contribution < 1.29 is 23.8 Å². The van der Waals surface area contributed by atoms with Crippen molar-refractivity contribution in [3.63, 3.8) is 0 Å². The average molecular weight is 449 g/mol. The van der Waals surface area contributed by atoms with Crippen LogP contribution in [0.15, 0.2) is 18.2 Å². The van der Waals surface area contributed by atoms with E-state index in [0.717, 1.165) is 25.7 Å². The summed E-state index contributed by atoms with van der Waals surface area (Å²) in [6.07, 6.45) is 14.4. The number of carbonyl (C=O) groups excluding carboxylic acids is 2. The minimum absolute atomic E-state index is 0.291. The molecular weight excluding hydrogens is 404 g/mol. The van der Waals surface area contributed by atoms with Crippen LogP contribution in [0, 0.1) is 5.92 Å². The van der Waals surface area contributed by atoms with Crippen molar-refractivity contribution >= 4 is 11.8 Å². The lowest BCUT2D eigenvalue weighted by Crippen LogP contribution is -2.27. The topological polar surface area (TPSA) is 61.8 Å². The fourth-order valence-electron chi connectivity index (χ4n) is 3.90. The van der Waals surface area contributed by atoms with Crippen molar-refractivity contribution in [1.29, 1.82) is 0 Å². The van der Waals surface area contributed by atoms with Gasteiger partial charge in [-0.1, -0.05) is 90.5 Å². The minimum atomic E-state index is -0.830. The lowest BCUT2D eigenvalue weighted by molar-refractivity contribution is -0.147. The van der Waals surface area contributed by atoms with Crippen molar-refractivity contribution in [2.24, 2.45) is 5.92 Å². The van der Waals surface area contributed by atoms with Crippen LogP contribution >= 0.6 is 0 Å². The number of Topliss-reactive ketones (excluding diaryl/α,β-unsaturated/α-hetero) is 1. The third kappa shape index (κ3) is 10.1. The third-order valence-electron chi connectivity index (χ3n) is 5.86. The molecule has 1 rings (SSSR count). The van der Waals surface area contributed by atoms with Crippen LogP contribution in [0.3, 0.4) is 0 Å². The Morgan fingerprint density at radius 2 is 1.25 bits per heavy atom. The third-order valence-corrected chi connectivity index (χ3v) is 5.86.